The van der Waals surface area contributed by atoms with Crippen molar-refractivity contribution < 1.29 is 9.59 Å². The van der Waals surface area contributed by atoms with Crippen molar-refractivity contribution in [3.8, 4) is 0 Å². The summed E-state index contributed by atoms with van der Waals surface area (Å²) in [6.07, 6.45) is 7.15. The van der Waals surface area contributed by atoms with Crippen LogP contribution in [-0.2, 0) is 23.9 Å². The van der Waals surface area contributed by atoms with Crippen LogP contribution in [0.25, 0.3) is 0 Å². The molecule has 1 aliphatic rings. The first kappa shape index (κ1) is 14.2. The van der Waals surface area contributed by atoms with Gasteiger partial charge in [0.2, 0.25) is 0 Å². The summed E-state index contributed by atoms with van der Waals surface area (Å²) in [4.78, 5) is 30.4. The number of hydrogen-bond acceptors (Lipinski definition) is 4. The third-order valence-corrected chi connectivity index (χ3v) is 3.97. The van der Waals surface area contributed by atoms with Crippen LogP contribution in [0.5, 0.6) is 0 Å². The Morgan fingerprint density at radius 1 is 1.32 bits per heavy atom. The molecule has 114 valence electrons. The number of carbonyl (C=O) groups is 2. The molecule has 1 atom stereocenters. The van der Waals surface area contributed by atoms with Crippen molar-refractivity contribution in [2.45, 2.75) is 25.4 Å². The summed E-state index contributed by atoms with van der Waals surface area (Å²) in [6.45, 7) is 2.08. The molecule has 1 aliphatic heterocycles. The average Bonchev–Trinajstić information content (AvgIpc) is 3.06. The van der Waals surface area contributed by atoms with Gasteiger partial charge in [0.25, 0.3) is 5.91 Å². The zero-order valence-electron chi connectivity index (χ0n) is 12.5. The second kappa shape index (κ2) is 5.25. The molecule has 1 N–H and O–H groups in total. The quantitative estimate of drug-likeness (QED) is 0.859. The molecule has 3 amide bonds. The largest absolute Gasteiger partial charge is 0.325 e. The lowest BCUT2D eigenvalue weighted by Gasteiger charge is -2.23. The summed E-state index contributed by atoms with van der Waals surface area (Å²) in [5.74, 6) is -0.253. The fourth-order valence-corrected chi connectivity index (χ4v) is 2.72. The van der Waals surface area contributed by atoms with Gasteiger partial charge in [-0.3, -0.25) is 19.4 Å². The smallest absolute Gasteiger partial charge is 0.319 e. The minimum absolute atomic E-state index is 0.209. The number of aromatic nitrogens is 3. The molecule has 3 rings (SSSR count). The van der Waals surface area contributed by atoms with Crippen LogP contribution in [-0.4, -0.2) is 31.6 Å². The van der Waals surface area contributed by atoms with E-state index in [0.717, 1.165) is 5.56 Å². The fraction of sp³-hybridized carbons (Fsp3) is 0.333. The van der Waals surface area contributed by atoms with Gasteiger partial charge in [-0.1, -0.05) is 13.0 Å². The monoisotopic (exact) mass is 299 g/mol. The van der Waals surface area contributed by atoms with Crippen LogP contribution in [0.4, 0.5) is 4.79 Å². The number of carbonyl (C=O) groups excluding carboxylic acids is 2. The summed E-state index contributed by atoms with van der Waals surface area (Å²) >= 11 is 0. The van der Waals surface area contributed by atoms with E-state index in [1.165, 1.54) is 4.90 Å². The molecular weight excluding hydrogens is 282 g/mol. The van der Waals surface area contributed by atoms with E-state index in [-0.39, 0.29) is 18.5 Å². The van der Waals surface area contributed by atoms with E-state index < -0.39 is 5.54 Å². The molecule has 0 aliphatic carbocycles. The lowest BCUT2D eigenvalue weighted by atomic mass is 9.89. The number of rotatable bonds is 4. The molecule has 1 saturated heterocycles. The number of urea groups is 1. The number of imide groups is 1. The van der Waals surface area contributed by atoms with Crippen LogP contribution in [0, 0.1) is 0 Å². The zero-order valence-corrected chi connectivity index (χ0v) is 12.5. The average molecular weight is 299 g/mol. The number of pyridine rings is 1. The second-order valence-electron chi connectivity index (χ2n) is 5.34. The molecule has 3 heterocycles. The maximum absolute atomic E-state index is 12.9. The van der Waals surface area contributed by atoms with E-state index in [0.29, 0.717) is 12.0 Å². The molecule has 7 heteroatoms. The van der Waals surface area contributed by atoms with Gasteiger partial charge in [0.1, 0.15) is 5.54 Å². The van der Waals surface area contributed by atoms with E-state index in [2.05, 4.69) is 15.4 Å². The molecule has 0 spiro atoms. The maximum atomic E-state index is 12.9. The zero-order chi connectivity index (χ0) is 15.7. The first-order valence-corrected chi connectivity index (χ1v) is 7.09. The van der Waals surface area contributed by atoms with E-state index in [4.69, 9.17) is 0 Å². The van der Waals surface area contributed by atoms with Gasteiger partial charge in [0.05, 0.1) is 12.7 Å². The third-order valence-electron chi connectivity index (χ3n) is 3.97. The first-order chi connectivity index (χ1) is 10.6. The fourth-order valence-electron chi connectivity index (χ4n) is 2.72. The van der Waals surface area contributed by atoms with E-state index in [9.17, 15) is 9.59 Å². The highest BCUT2D eigenvalue weighted by Gasteiger charge is 2.51. The van der Waals surface area contributed by atoms with Crippen molar-refractivity contribution in [2.24, 2.45) is 7.05 Å². The highest BCUT2D eigenvalue weighted by Crippen LogP contribution is 2.32. The minimum atomic E-state index is -1.03. The summed E-state index contributed by atoms with van der Waals surface area (Å²) in [7, 11) is 1.78. The molecule has 0 saturated carbocycles. The number of nitrogens with zero attached hydrogens (tertiary/aromatic N) is 4. The predicted octanol–water partition coefficient (Wildman–Crippen LogP) is 1.17. The van der Waals surface area contributed by atoms with Gasteiger partial charge in [-0.25, -0.2) is 4.79 Å². The van der Waals surface area contributed by atoms with Crippen molar-refractivity contribution in [1.82, 2.24) is 25.0 Å². The van der Waals surface area contributed by atoms with Gasteiger partial charge >= 0.3 is 6.03 Å². The van der Waals surface area contributed by atoms with Crippen molar-refractivity contribution in [3.63, 3.8) is 0 Å². The Morgan fingerprint density at radius 3 is 2.73 bits per heavy atom. The van der Waals surface area contributed by atoms with Gasteiger partial charge in [-0.05, 0) is 18.1 Å². The molecular formula is C15H17N5O2. The molecule has 0 radical (unpaired) electrons. The third kappa shape index (κ3) is 2.14. The van der Waals surface area contributed by atoms with Gasteiger partial charge < -0.3 is 5.32 Å². The Balaban J connectivity index is 1.93. The molecule has 0 unspecified atom stereocenters. The van der Waals surface area contributed by atoms with Crippen LogP contribution in [0.15, 0.2) is 36.9 Å². The van der Waals surface area contributed by atoms with Gasteiger partial charge in [0.15, 0.2) is 0 Å². The van der Waals surface area contributed by atoms with E-state index in [1.54, 1.807) is 42.6 Å². The summed E-state index contributed by atoms with van der Waals surface area (Å²) in [5, 5.41) is 6.94. The molecule has 0 bridgehead atoms. The Bertz CT molecular complexity index is 712. The number of aryl methyl sites for hydroxylation is 1. The van der Waals surface area contributed by atoms with Crippen molar-refractivity contribution in [1.29, 1.82) is 0 Å². The first-order valence-electron chi connectivity index (χ1n) is 7.09. The van der Waals surface area contributed by atoms with Crippen LogP contribution in [0.2, 0.25) is 0 Å². The van der Waals surface area contributed by atoms with E-state index in [1.807, 2.05) is 13.0 Å². The highest BCUT2D eigenvalue weighted by atomic mass is 16.2. The Kier molecular flexibility index (Phi) is 3.40. The lowest BCUT2D eigenvalue weighted by Crippen LogP contribution is -2.43. The van der Waals surface area contributed by atoms with Crippen LogP contribution < -0.4 is 5.32 Å². The van der Waals surface area contributed by atoms with E-state index >= 15 is 0 Å². The topological polar surface area (TPSA) is 80.1 Å². The summed E-state index contributed by atoms with van der Waals surface area (Å²) in [5.41, 5.74) is 0.474. The second-order valence-corrected chi connectivity index (χ2v) is 5.34. The van der Waals surface area contributed by atoms with Crippen LogP contribution in [0.1, 0.15) is 24.5 Å². The number of amides is 3. The number of hydrogen-bond donors (Lipinski definition) is 1. The molecule has 2 aromatic heterocycles. The van der Waals surface area contributed by atoms with Gasteiger partial charge in [-0.2, -0.15) is 5.10 Å². The standard InChI is InChI=1S/C15H17N5O2/c1-3-15(12-8-17-19(2)10-12)13(21)20(14(22)18-15)9-11-5-4-6-16-7-11/h4-8,10H,3,9H2,1-2H3,(H,18,22)/t15-/m0/s1. The Morgan fingerprint density at radius 2 is 2.14 bits per heavy atom. The molecule has 22 heavy (non-hydrogen) atoms. The maximum Gasteiger partial charge on any atom is 0.325 e. The predicted molar refractivity (Wildman–Crippen MR) is 78.5 cm³/mol. The number of nitrogens with one attached hydrogen (secondary N) is 1. The van der Waals surface area contributed by atoms with Crippen molar-refractivity contribution >= 4 is 11.9 Å². The molecule has 1 fully saturated rings. The van der Waals surface area contributed by atoms with Gasteiger partial charge in [0, 0.05) is 31.2 Å². The van der Waals surface area contributed by atoms with Gasteiger partial charge in [-0.15, -0.1) is 0 Å². The van der Waals surface area contributed by atoms with Crippen LogP contribution >= 0.6 is 0 Å². The van der Waals surface area contributed by atoms with Crippen molar-refractivity contribution in [3.05, 3.63) is 48.0 Å². The Hall–Kier alpha value is -2.70. The Labute approximate surface area is 127 Å². The summed E-state index contributed by atoms with van der Waals surface area (Å²) < 4.78 is 1.62. The molecule has 2 aromatic rings. The molecule has 7 nitrogen and oxygen atoms in total. The lowest BCUT2D eigenvalue weighted by molar-refractivity contribution is -0.132. The normalized spacial score (nSPS) is 21.3. The summed E-state index contributed by atoms with van der Waals surface area (Å²) in [6, 6.07) is 3.23. The SMILES string of the molecule is CC[C@@]1(c2cnn(C)c2)NC(=O)N(Cc2cccnc2)C1=O. The van der Waals surface area contributed by atoms with Crippen LogP contribution in [0.3, 0.4) is 0 Å². The highest BCUT2D eigenvalue weighted by molar-refractivity contribution is 6.07. The minimum Gasteiger partial charge on any atom is -0.319 e. The molecule has 0 aromatic carbocycles. The van der Waals surface area contributed by atoms with Crippen molar-refractivity contribution in [2.75, 3.05) is 0 Å².